The zero-order valence-corrected chi connectivity index (χ0v) is 17.8. The van der Waals surface area contributed by atoms with Crippen LogP contribution in [0, 0.1) is 11.3 Å². The Morgan fingerprint density at radius 3 is 2.63 bits per heavy atom. The molecule has 2 aromatic rings. The van der Waals surface area contributed by atoms with Gasteiger partial charge in [0.25, 0.3) is 0 Å². The van der Waals surface area contributed by atoms with Crippen LogP contribution in [-0.4, -0.2) is 64.7 Å². The van der Waals surface area contributed by atoms with Gasteiger partial charge in [0.05, 0.1) is 17.8 Å². The molecule has 3 aliphatic heterocycles. The average Bonchev–Trinajstić information content (AvgIpc) is 3.31. The van der Waals surface area contributed by atoms with Crippen LogP contribution in [0.2, 0.25) is 0 Å². The van der Waals surface area contributed by atoms with E-state index in [9.17, 15) is 4.79 Å². The second kappa shape index (κ2) is 7.22. The predicted octanol–water partition coefficient (Wildman–Crippen LogP) is 2.04. The fourth-order valence-electron chi connectivity index (χ4n) is 6.23. The second-order valence-electron chi connectivity index (χ2n) is 9.85. The van der Waals surface area contributed by atoms with E-state index in [0.29, 0.717) is 11.3 Å². The Kier molecular flexibility index (Phi) is 4.48. The zero-order valence-electron chi connectivity index (χ0n) is 17.8. The van der Waals surface area contributed by atoms with E-state index in [1.165, 1.54) is 49.8 Å². The molecule has 1 N–H and O–H groups in total. The molecule has 1 saturated carbocycles. The lowest BCUT2D eigenvalue weighted by molar-refractivity contribution is -0.138. The van der Waals surface area contributed by atoms with Crippen molar-refractivity contribution in [1.82, 2.24) is 24.8 Å². The fourth-order valence-corrected chi connectivity index (χ4v) is 6.23. The molecular weight excluding hydrogens is 376 g/mol. The summed E-state index contributed by atoms with van der Waals surface area (Å²) in [5.74, 6) is 1.66. The molecular formula is C23H32N6O. The highest BCUT2D eigenvalue weighted by atomic mass is 16.2. The topological polar surface area (TPSA) is 65.8 Å². The van der Waals surface area contributed by atoms with Crippen molar-refractivity contribution >= 4 is 17.4 Å². The smallest absolute Gasteiger partial charge is 0.229 e. The maximum absolute atomic E-state index is 13.2. The number of carbonyl (C=O) groups excluding carboxylic acids is 1. The summed E-state index contributed by atoms with van der Waals surface area (Å²) in [4.78, 5) is 22.5. The monoisotopic (exact) mass is 408 g/mol. The molecule has 1 aliphatic carbocycles. The average molecular weight is 409 g/mol. The van der Waals surface area contributed by atoms with Gasteiger partial charge in [-0.2, -0.15) is 9.61 Å². The third kappa shape index (κ3) is 3.01. The van der Waals surface area contributed by atoms with Gasteiger partial charge in [-0.15, -0.1) is 0 Å². The van der Waals surface area contributed by atoms with Crippen LogP contribution in [0.5, 0.6) is 0 Å². The SMILES string of the molecule is O=C(C1CN(c2c3c(nc4ccnn24)CCNCC3)C1)N1CCC2(CCCC2)CC1. The maximum Gasteiger partial charge on any atom is 0.229 e. The molecule has 5 heterocycles. The Labute approximate surface area is 177 Å². The zero-order chi connectivity index (χ0) is 20.1. The molecule has 1 spiro atoms. The summed E-state index contributed by atoms with van der Waals surface area (Å²) >= 11 is 0. The van der Waals surface area contributed by atoms with Gasteiger partial charge in [0, 0.05) is 50.8 Å². The van der Waals surface area contributed by atoms with Gasteiger partial charge in [-0.3, -0.25) is 4.79 Å². The number of anilines is 1. The van der Waals surface area contributed by atoms with Crippen LogP contribution in [0.1, 0.15) is 49.8 Å². The van der Waals surface area contributed by atoms with Crippen LogP contribution >= 0.6 is 0 Å². The number of hydrogen-bond donors (Lipinski definition) is 1. The first-order valence-electron chi connectivity index (χ1n) is 11.8. The molecule has 7 nitrogen and oxygen atoms in total. The van der Waals surface area contributed by atoms with Gasteiger partial charge in [0.2, 0.25) is 5.91 Å². The molecule has 0 atom stereocenters. The van der Waals surface area contributed by atoms with Crippen molar-refractivity contribution in [3.05, 3.63) is 23.5 Å². The summed E-state index contributed by atoms with van der Waals surface area (Å²) in [7, 11) is 0. The largest absolute Gasteiger partial charge is 0.354 e. The highest BCUT2D eigenvalue weighted by Crippen LogP contribution is 2.46. The number of fused-ring (bicyclic) bond motifs is 2. The Bertz CT molecular complexity index is 946. The highest BCUT2D eigenvalue weighted by molar-refractivity contribution is 5.82. The quantitative estimate of drug-likeness (QED) is 0.824. The summed E-state index contributed by atoms with van der Waals surface area (Å²) in [6.07, 6.45) is 11.7. The van der Waals surface area contributed by atoms with Crippen LogP contribution in [0.15, 0.2) is 12.3 Å². The van der Waals surface area contributed by atoms with Crippen LogP contribution < -0.4 is 10.2 Å². The maximum atomic E-state index is 13.2. The lowest BCUT2D eigenvalue weighted by Gasteiger charge is -2.45. The molecule has 160 valence electrons. The third-order valence-electron chi connectivity index (χ3n) is 8.11. The van der Waals surface area contributed by atoms with Crippen molar-refractivity contribution in [2.45, 2.75) is 51.4 Å². The standard InChI is InChI=1S/C23H32N6O/c30-22(27-13-8-23(9-14-27)6-1-2-7-23)17-15-28(16-17)21-18-3-10-24-11-4-19(18)26-20-5-12-25-29(20)21/h5,12,17,24H,1-4,6-11,13-16H2. The number of carbonyl (C=O) groups is 1. The molecule has 7 heteroatoms. The first-order valence-corrected chi connectivity index (χ1v) is 11.8. The van der Waals surface area contributed by atoms with Gasteiger partial charge < -0.3 is 15.1 Å². The van der Waals surface area contributed by atoms with Crippen LogP contribution in [-0.2, 0) is 17.6 Å². The first-order chi connectivity index (χ1) is 14.7. The van der Waals surface area contributed by atoms with Gasteiger partial charge in [-0.25, -0.2) is 4.98 Å². The normalized spacial score (nSPS) is 24.1. The van der Waals surface area contributed by atoms with Crippen molar-refractivity contribution in [1.29, 1.82) is 0 Å². The van der Waals surface area contributed by atoms with E-state index in [0.717, 1.165) is 63.6 Å². The minimum Gasteiger partial charge on any atom is -0.354 e. The van der Waals surface area contributed by atoms with Crippen LogP contribution in [0.25, 0.3) is 5.65 Å². The van der Waals surface area contributed by atoms with Crippen molar-refractivity contribution in [2.24, 2.45) is 11.3 Å². The molecule has 2 saturated heterocycles. The molecule has 1 amide bonds. The van der Waals surface area contributed by atoms with E-state index < -0.39 is 0 Å². The number of nitrogens with zero attached hydrogens (tertiary/aromatic N) is 5. The number of piperidine rings is 1. The van der Waals surface area contributed by atoms with Crippen molar-refractivity contribution in [3.63, 3.8) is 0 Å². The molecule has 3 fully saturated rings. The Hall–Kier alpha value is -2.15. The van der Waals surface area contributed by atoms with Crippen LogP contribution in [0.4, 0.5) is 5.82 Å². The Morgan fingerprint density at radius 1 is 1.07 bits per heavy atom. The lowest BCUT2D eigenvalue weighted by Crippen LogP contribution is -2.57. The van der Waals surface area contributed by atoms with Crippen molar-refractivity contribution in [2.75, 3.05) is 44.2 Å². The van der Waals surface area contributed by atoms with Gasteiger partial charge in [0.1, 0.15) is 5.82 Å². The first kappa shape index (κ1) is 18.6. The molecule has 0 aromatic carbocycles. The number of rotatable bonds is 2. The molecule has 4 aliphatic rings. The molecule has 2 aromatic heterocycles. The van der Waals surface area contributed by atoms with Gasteiger partial charge in [-0.05, 0) is 44.1 Å². The molecule has 0 unspecified atom stereocenters. The van der Waals surface area contributed by atoms with E-state index in [1.54, 1.807) is 0 Å². The molecule has 0 bridgehead atoms. The van der Waals surface area contributed by atoms with E-state index in [4.69, 9.17) is 4.98 Å². The Balaban J connectivity index is 1.17. The number of aromatic nitrogens is 3. The summed E-state index contributed by atoms with van der Waals surface area (Å²) < 4.78 is 1.98. The summed E-state index contributed by atoms with van der Waals surface area (Å²) in [5, 5.41) is 8.04. The minimum absolute atomic E-state index is 0.126. The number of hydrogen-bond acceptors (Lipinski definition) is 5. The van der Waals surface area contributed by atoms with Gasteiger partial charge in [-0.1, -0.05) is 12.8 Å². The van der Waals surface area contributed by atoms with Crippen molar-refractivity contribution in [3.8, 4) is 0 Å². The van der Waals surface area contributed by atoms with E-state index in [1.807, 2.05) is 16.8 Å². The number of likely N-dealkylation sites (tertiary alicyclic amines) is 1. The second-order valence-corrected chi connectivity index (χ2v) is 9.85. The Morgan fingerprint density at radius 2 is 1.83 bits per heavy atom. The third-order valence-corrected chi connectivity index (χ3v) is 8.11. The summed E-state index contributed by atoms with van der Waals surface area (Å²) in [5.41, 5.74) is 3.98. The lowest BCUT2D eigenvalue weighted by atomic mass is 9.77. The predicted molar refractivity (Wildman–Crippen MR) is 116 cm³/mol. The van der Waals surface area contributed by atoms with Gasteiger partial charge in [0.15, 0.2) is 5.65 Å². The summed E-state index contributed by atoms with van der Waals surface area (Å²) in [6.45, 7) is 5.49. The van der Waals surface area contributed by atoms with E-state index in [-0.39, 0.29) is 5.92 Å². The highest BCUT2D eigenvalue weighted by Gasteiger charge is 2.42. The fraction of sp³-hybridized carbons (Fsp3) is 0.696. The van der Waals surface area contributed by atoms with E-state index in [2.05, 4.69) is 20.2 Å². The number of amides is 1. The molecule has 30 heavy (non-hydrogen) atoms. The van der Waals surface area contributed by atoms with Crippen molar-refractivity contribution < 1.29 is 4.79 Å². The minimum atomic E-state index is 0.126. The number of nitrogens with one attached hydrogen (secondary N) is 1. The van der Waals surface area contributed by atoms with E-state index >= 15 is 0 Å². The molecule has 6 rings (SSSR count). The van der Waals surface area contributed by atoms with Gasteiger partial charge >= 0.3 is 0 Å². The molecule has 0 radical (unpaired) electrons. The summed E-state index contributed by atoms with van der Waals surface area (Å²) in [6, 6.07) is 1.98. The van der Waals surface area contributed by atoms with Crippen LogP contribution in [0.3, 0.4) is 0 Å².